The Morgan fingerprint density at radius 1 is 1.56 bits per heavy atom. The van der Waals surface area contributed by atoms with Crippen molar-refractivity contribution in [3.05, 3.63) is 0 Å². The average molecular weight is 151 g/mol. The van der Waals surface area contributed by atoms with Crippen molar-refractivity contribution in [3.8, 4) is 0 Å². The largest absolute Gasteiger partial charge is 0.228 e. The number of hydrogen-bond acceptors (Lipinski definition) is 3. The summed E-state index contributed by atoms with van der Waals surface area (Å²) in [5.74, 6) is 0.546. The minimum Gasteiger partial charge on any atom is -0.228 e. The molecule has 0 bridgehead atoms. The van der Waals surface area contributed by atoms with Crippen LogP contribution < -0.4 is 0 Å². The third-order valence-electron chi connectivity index (χ3n) is 0.891. The van der Waals surface area contributed by atoms with Gasteiger partial charge in [0.15, 0.2) is 11.1 Å². The van der Waals surface area contributed by atoms with Crippen molar-refractivity contribution in [2.75, 3.05) is 19.3 Å². The molecular formula is C5H13NO2S. The van der Waals surface area contributed by atoms with Gasteiger partial charge in [0.25, 0.3) is 0 Å². The van der Waals surface area contributed by atoms with E-state index in [1.807, 2.05) is 13.8 Å². The quantitative estimate of drug-likeness (QED) is 0.550. The van der Waals surface area contributed by atoms with E-state index in [1.54, 1.807) is 12.1 Å². The molecule has 1 atom stereocenters. The standard InChI is InChI=1S/C5H13NO2S/c1-4-6(3)8-9(7)5-2/h4-5H2,1-3H3. The van der Waals surface area contributed by atoms with Gasteiger partial charge in [0, 0.05) is 19.3 Å². The fraction of sp³-hybridized carbons (Fsp3) is 1.00. The highest BCUT2D eigenvalue weighted by atomic mass is 32.2. The molecule has 0 aromatic heterocycles. The average Bonchev–Trinajstić information content (AvgIpc) is 1.87. The Morgan fingerprint density at radius 3 is 2.44 bits per heavy atom. The molecule has 3 nitrogen and oxygen atoms in total. The summed E-state index contributed by atoms with van der Waals surface area (Å²) < 4.78 is 15.5. The van der Waals surface area contributed by atoms with Gasteiger partial charge in [0.2, 0.25) is 0 Å². The van der Waals surface area contributed by atoms with Gasteiger partial charge in [-0.3, -0.25) is 0 Å². The second-order valence-electron chi connectivity index (χ2n) is 1.61. The van der Waals surface area contributed by atoms with E-state index in [4.69, 9.17) is 4.28 Å². The van der Waals surface area contributed by atoms with E-state index in [1.165, 1.54) is 0 Å². The molecule has 0 amide bonds. The van der Waals surface area contributed by atoms with Crippen LogP contribution in [0, 0.1) is 0 Å². The van der Waals surface area contributed by atoms with E-state index < -0.39 is 11.1 Å². The Morgan fingerprint density at radius 2 is 2.11 bits per heavy atom. The molecule has 4 heteroatoms. The zero-order valence-electron chi connectivity index (χ0n) is 6.09. The van der Waals surface area contributed by atoms with Gasteiger partial charge in [-0.1, -0.05) is 13.8 Å². The van der Waals surface area contributed by atoms with E-state index in [0.29, 0.717) is 5.75 Å². The smallest absolute Gasteiger partial charge is 0.172 e. The molecule has 0 rings (SSSR count). The summed E-state index contributed by atoms with van der Waals surface area (Å²) in [6.45, 7) is 4.51. The Kier molecular flexibility index (Phi) is 4.94. The molecule has 0 radical (unpaired) electrons. The number of nitrogens with zero attached hydrogens (tertiary/aromatic N) is 1. The van der Waals surface area contributed by atoms with Crippen LogP contribution in [0.3, 0.4) is 0 Å². The maximum Gasteiger partial charge on any atom is 0.172 e. The summed E-state index contributed by atoms with van der Waals surface area (Å²) in [7, 11) is 1.76. The molecule has 56 valence electrons. The summed E-state index contributed by atoms with van der Waals surface area (Å²) in [6, 6.07) is 0. The number of rotatable bonds is 4. The summed E-state index contributed by atoms with van der Waals surface area (Å²) in [6.07, 6.45) is 0. The molecule has 0 heterocycles. The molecule has 0 N–H and O–H groups in total. The SMILES string of the molecule is CCN(C)OS(=O)CC. The monoisotopic (exact) mass is 151 g/mol. The zero-order valence-corrected chi connectivity index (χ0v) is 6.90. The lowest BCUT2D eigenvalue weighted by atomic mass is 10.8. The van der Waals surface area contributed by atoms with Crippen LogP contribution in [0.2, 0.25) is 0 Å². The van der Waals surface area contributed by atoms with Gasteiger partial charge in [-0.05, 0) is 0 Å². The van der Waals surface area contributed by atoms with Crippen LogP contribution in [0.4, 0.5) is 0 Å². The molecule has 0 aliphatic carbocycles. The van der Waals surface area contributed by atoms with Crippen LogP contribution in [0.15, 0.2) is 0 Å². The molecule has 0 aromatic carbocycles. The maximum atomic E-state index is 10.6. The van der Waals surface area contributed by atoms with Crippen molar-refractivity contribution in [2.24, 2.45) is 0 Å². The van der Waals surface area contributed by atoms with Crippen molar-refractivity contribution in [3.63, 3.8) is 0 Å². The van der Waals surface area contributed by atoms with Crippen molar-refractivity contribution in [2.45, 2.75) is 13.8 Å². The van der Waals surface area contributed by atoms with Crippen LogP contribution in [-0.4, -0.2) is 28.6 Å². The zero-order chi connectivity index (χ0) is 7.28. The highest BCUT2D eigenvalue weighted by molar-refractivity contribution is 7.80. The Labute approximate surface area is 58.6 Å². The van der Waals surface area contributed by atoms with E-state index in [9.17, 15) is 4.21 Å². The lowest BCUT2D eigenvalue weighted by molar-refractivity contribution is -0.0104. The first-order chi connectivity index (χ1) is 4.20. The Hall–Kier alpha value is 0.0700. The van der Waals surface area contributed by atoms with Crippen molar-refractivity contribution < 1.29 is 8.49 Å². The third kappa shape index (κ3) is 4.57. The van der Waals surface area contributed by atoms with E-state index in [2.05, 4.69) is 0 Å². The van der Waals surface area contributed by atoms with Gasteiger partial charge in [-0.15, -0.1) is 0 Å². The Balaban J connectivity index is 3.34. The molecule has 0 aromatic rings. The van der Waals surface area contributed by atoms with Crippen molar-refractivity contribution in [1.82, 2.24) is 5.06 Å². The van der Waals surface area contributed by atoms with Gasteiger partial charge < -0.3 is 0 Å². The summed E-state index contributed by atoms with van der Waals surface area (Å²) in [5.41, 5.74) is 0. The minimum absolute atomic E-state index is 0.546. The van der Waals surface area contributed by atoms with Gasteiger partial charge in [-0.2, -0.15) is 9.35 Å². The lowest BCUT2D eigenvalue weighted by Gasteiger charge is -2.10. The molecule has 1 unspecified atom stereocenters. The fourth-order valence-corrected chi connectivity index (χ4v) is 0.742. The summed E-state index contributed by atoms with van der Waals surface area (Å²) >= 11 is -1.13. The fourth-order valence-electron chi connectivity index (χ4n) is 0.247. The van der Waals surface area contributed by atoms with Gasteiger partial charge in [0.05, 0.1) is 0 Å². The molecular weight excluding hydrogens is 138 g/mol. The molecule has 0 aliphatic heterocycles. The van der Waals surface area contributed by atoms with E-state index in [-0.39, 0.29) is 0 Å². The van der Waals surface area contributed by atoms with Gasteiger partial charge in [-0.25, -0.2) is 4.21 Å². The molecule has 0 spiro atoms. The molecule has 0 saturated heterocycles. The highest BCUT2D eigenvalue weighted by Crippen LogP contribution is 1.89. The summed E-state index contributed by atoms with van der Waals surface area (Å²) in [4.78, 5) is 0. The van der Waals surface area contributed by atoms with Crippen LogP contribution in [0.5, 0.6) is 0 Å². The maximum absolute atomic E-state index is 10.6. The predicted octanol–water partition coefficient (Wildman–Crippen LogP) is 0.553. The van der Waals surface area contributed by atoms with E-state index in [0.717, 1.165) is 6.54 Å². The highest BCUT2D eigenvalue weighted by Gasteiger charge is 1.98. The predicted molar refractivity (Wildman–Crippen MR) is 38.1 cm³/mol. The first-order valence-corrected chi connectivity index (χ1v) is 4.23. The molecule has 9 heavy (non-hydrogen) atoms. The molecule has 0 aliphatic rings. The number of hydroxylamine groups is 2. The molecule has 0 fully saturated rings. The second-order valence-corrected chi connectivity index (χ2v) is 2.94. The first-order valence-electron chi connectivity index (χ1n) is 2.98. The topological polar surface area (TPSA) is 29.5 Å². The Bertz CT molecular complexity index is 97.0. The first kappa shape index (κ1) is 9.07. The van der Waals surface area contributed by atoms with Gasteiger partial charge in [0.1, 0.15) is 0 Å². The van der Waals surface area contributed by atoms with Gasteiger partial charge >= 0.3 is 0 Å². The summed E-state index contributed by atoms with van der Waals surface area (Å²) in [5, 5.41) is 1.56. The van der Waals surface area contributed by atoms with Crippen LogP contribution in [0.25, 0.3) is 0 Å². The number of hydrogen-bond donors (Lipinski definition) is 0. The lowest BCUT2D eigenvalue weighted by Crippen LogP contribution is -2.20. The van der Waals surface area contributed by atoms with Crippen LogP contribution in [-0.2, 0) is 15.4 Å². The minimum atomic E-state index is -1.13. The normalized spacial score (nSPS) is 14.2. The van der Waals surface area contributed by atoms with E-state index >= 15 is 0 Å². The third-order valence-corrected chi connectivity index (χ3v) is 1.78. The second kappa shape index (κ2) is 4.90. The van der Waals surface area contributed by atoms with Crippen molar-refractivity contribution in [1.29, 1.82) is 0 Å². The van der Waals surface area contributed by atoms with Crippen LogP contribution >= 0.6 is 0 Å². The van der Waals surface area contributed by atoms with Crippen LogP contribution in [0.1, 0.15) is 13.8 Å². The van der Waals surface area contributed by atoms with Crippen molar-refractivity contribution >= 4 is 11.1 Å². The molecule has 0 saturated carbocycles.